The summed E-state index contributed by atoms with van der Waals surface area (Å²) in [5.74, 6) is -1.85. The fourth-order valence-corrected chi connectivity index (χ4v) is 3.51. The number of nitrogens with zero attached hydrogens (tertiary/aromatic N) is 3. The van der Waals surface area contributed by atoms with Crippen molar-refractivity contribution in [3.8, 4) is 0 Å². The van der Waals surface area contributed by atoms with Crippen LogP contribution >= 0.6 is 0 Å². The molecule has 2 atom stereocenters. The van der Waals surface area contributed by atoms with Crippen LogP contribution in [-0.4, -0.2) is 32.0 Å². The van der Waals surface area contributed by atoms with Crippen LogP contribution in [0.25, 0.3) is 10.9 Å². The number of carbonyl (C=O) groups is 2. The lowest BCUT2D eigenvalue weighted by Crippen LogP contribution is -2.43. The van der Waals surface area contributed by atoms with Crippen molar-refractivity contribution in [1.82, 2.24) is 20.3 Å². The molecule has 32 heavy (non-hydrogen) atoms. The summed E-state index contributed by atoms with van der Waals surface area (Å²) in [6.45, 7) is 0. The number of hydrogen-bond donors (Lipinski definition) is 2. The number of aliphatic carboxylic acids is 1. The molecule has 0 aliphatic heterocycles. The first-order valence-corrected chi connectivity index (χ1v) is 10.0. The van der Waals surface area contributed by atoms with E-state index >= 15 is 0 Å². The molecule has 0 fully saturated rings. The zero-order valence-electron chi connectivity index (χ0n) is 17.0. The summed E-state index contributed by atoms with van der Waals surface area (Å²) < 4.78 is 1.02. The largest absolute Gasteiger partial charge is 0.479 e. The number of benzene rings is 3. The first kappa shape index (κ1) is 20.9. The molecule has 0 spiro atoms. The fourth-order valence-electron chi connectivity index (χ4n) is 3.51. The Kier molecular flexibility index (Phi) is 6.03. The van der Waals surface area contributed by atoms with Gasteiger partial charge in [0.25, 0.3) is 5.56 Å². The van der Waals surface area contributed by atoms with E-state index in [1.807, 2.05) is 30.3 Å². The Morgan fingerprint density at radius 3 is 2.22 bits per heavy atom. The lowest BCUT2D eigenvalue weighted by molar-refractivity contribution is -0.142. The molecule has 0 saturated heterocycles. The maximum atomic E-state index is 13.3. The van der Waals surface area contributed by atoms with Crippen LogP contribution in [0, 0.1) is 0 Å². The zero-order valence-corrected chi connectivity index (χ0v) is 17.0. The highest BCUT2D eigenvalue weighted by molar-refractivity contribution is 5.87. The molecular formula is C24H20N4O4. The Balaban J connectivity index is 1.74. The van der Waals surface area contributed by atoms with Gasteiger partial charge in [-0.15, -0.1) is 5.10 Å². The molecule has 1 heterocycles. The van der Waals surface area contributed by atoms with Gasteiger partial charge in [0.05, 0.1) is 5.39 Å². The van der Waals surface area contributed by atoms with Crippen molar-refractivity contribution in [2.24, 2.45) is 0 Å². The van der Waals surface area contributed by atoms with Crippen LogP contribution in [0.2, 0.25) is 0 Å². The van der Waals surface area contributed by atoms with E-state index in [4.69, 9.17) is 0 Å². The van der Waals surface area contributed by atoms with Crippen molar-refractivity contribution in [3.63, 3.8) is 0 Å². The highest BCUT2D eigenvalue weighted by atomic mass is 16.4. The third kappa shape index (κ3) is 4.39. The van der Waals surface area contributed by atoms with E-state index in [2.05, 4.69) is 15.6 Å². The van der Waals surface area contributed by atoms with Gasteiger partial charge in [-0.05, 0) is 23.3 Å². The van der Waals surface area contributed by atoms with Crippen molar-refractivity contribution in [2.75, 3.05) is 0 Å². The standard InChI is InChI=1S/C24H20N4O4/c29-22(25-21(24(31)32)17-11-5-2-6-12-17)20(15-16-9-3-1-4-10-16)28-23(30)18-13-7-8-14-19(18)26-27-28/h1-14,20-21H,15H2,(H,25,29)(H,31,32). The lowest BCUT2D eigenvalue weighted by atomic mass is 10.0. The van der Waals surface area contributed by atoms with E-state index < -0.39 is 29.5 Å². The summed E-state index contributed by atoms with van der Waals surface area (Å²) in [5, 5.41) is 20.7. The molecule has 2 N–H and O–H groups in total. The van der Waals surface area contributed by atoms with Gasteiger partial charge in [-0.2, -0.15) is 4.68 Å². The van der Waals surface area contributed by atoms with Gasteiger partial charge in [0, 0.05) is 6.42 Å². The van der Waals surface area contributed by atoms with Crippen molar-refractivity contribution in [1.29, 1.82) is 0 Å². The quantitative estimate of drug-likeness (QED) is 0.468. The Hall–Kier alpha value is -4.33. The van der Waals surface area contributed by atoms with E-state index in [1.54, 1.807) is 54.6 Å². The van der Waals surface area contributed by atoms with Crippen LogP contribution in [0.15, 0.2) is 89.7 Å². The third-order valence-corrected chi connectivity index (χ3v) is 5.13. The molecular weight excluding hydrogens is 408 g/mol. The molecule has 1 aromatic heterocycles. The normalized spacial score (nSPS) is 12.8. The Morgan fingerprint density at radius 2 is 1.53 bits per heavy atom. The Morgan fingerprint density at radius 1 is 0.906 bits per heavy atom. The van der Waals surface area contributed by atoms with E-state index in [9.17, 15) is 19.5 Å². The van der Waals surface area contributed by atoms with Crippen LogP contribution < -0.4 is 10.9 Å². The number of aromatic nitrogens is 3. The van der Waals surface area contributed by atoms with Crippen LogP contribution in [0.4, 0.5) is 0 Å². The predicted molar refractivity (Wildman–Crippen MR) is 118 cm³/mol. The Bertz CT molecular complexity index is 1310. The number of rotatable bonds is 7. The first-order chi connectivity index (χ1) is 15.5. The molecule has 160 valence electrons. The van der Waals surface area contributed by atoms with Crippen molar-refractivity contribution < 1.29 is 14.7 Å². The van der Waals surface area contributed by atoms with Crippen molar-refractivity contribution in [3.05, 3.63) is 106 Å². The van der Waals surface area contributed by atoms with Crippen molar-refractivity contribution >= 4 is 22.8 Å². The summed E-state index contributed by atoms with van der Waals surface area (Å²) in [4.78, 5) is 38.3. The molecule has 0 aliphatic rings. The summed E-state index contributed by atoms with van der Waals surface area (Å²) in [5.41, 5.74) is 1.16. The zero-order chi connectivity index (χ0) is 22.5. The molecule has 0 saturated carbocycles. The van der Waals surface area contributed by atoms with E-state index in [0.29, 0.717) is 16.5 Å². The van der Waals surface area contributed by atoms with Gasteiger partial charge in [-0.25, -0.2) is 4.79 Å². The highest BCUT2D eigenvalue weighted by Gasteiger charge is 2.29. The number of carboxylic acids is 1. The second kappa shape index (κ2) is 9.22. The average molecular weight is 428 g/mol. The molecule has 0 bridgehead atoms. The summed E-state index contributed by atoms with van der Waals surface area (Å²) in [7, 11) is 0. The number of fused-ring (bicyclic) bond motifs is 1. The maximum absolute atomic E-state index is 13.3. The molecule has 8 nitrogen and oxygen atoms in total. The van der Waals surface area contributed by atoms with Gasteiger partial charge in [0.1, 0.15) is 11.6 Å². The summed E-state index contributed by atoms with van der Waals surface area (Å²) in [6.07, 6.45) is 0.140. The molecule has 3 aromatic carbocycles. The minimum absolute atomic E-state index is 0.140. The monoisotopic (exact) mass is 428 g/mol. The second-order valence-corrected chi connectivity index (χ2v) is 7.25. The minimum atomic E-state index is -1.27. The van der Waals surface area contributed by atoms with E-state index in [0.717, 1.165) is 10.2 Å². The van der Waals surface area contributed by atoms with Gasteiger partial charge in [0.15, 0.2) is 6.04 Å². The highest BCUT2D eigenvalue weighted by Crippen LogP contribution is 2.18. The minimum Gasteiger partial charge on any atom is -0.479 e. The van der Waals surface area contributed by atoms with Gasteiger partial charge in [0.2, 0.25) is 5.91 Å². The van der Waals surface area contributed by atoms with Gasteiger partial charge < -0.3 is 10.4 Å². The summed E-state index contributed by atoms with van der Waals surface area (Å²) in [6, 6.07) is 21.9. The molecule has 1 amide bonds. The number of carbonyl (C=O) groups excluding carboxylic acids is 1. The summed E-state index contributed by atoms with van der Waals surface area (Å²) >= 11 is 0. The van der Waals surface area contributed by atoms with E-state index in [-0.39, 0.29) is 6.42 Å². The molecule has 0 radical (unpaired) electrons. The van der Waals surface area contributed by atoms with Crippen LogP contribution in [0.3, 0.4) is 0 Å². The number of hydrogen-bond acceptors (Lipinski definition) is 5. The number of nitrogens with one attached hydrogen (secondary N) is 1. The maximum Gasteiger partial charge on any atom is 0.330 e. The fraction of sp³-hybridized carbons (Fsp3) is 0.125. The second-order valence-electron chi connectivity index (χ2n) is 7.25. The average Bonchev–Trinajstić information content (AvgIpc) is 2.82. The van der Waals surface area contributed by atoms with Gasteiger partial charge in [-0.1, -0.05) is 78.0 Å². The number of amides is 1. The number of carboxylic acid groups (broad SMARTS) is 1. The van der Waals surface area contributed by atoms with Crippen LogP contribution in [-0.2, 0) is 16.0 Å². The van der Waals surface area contributed by atoms with Gasteiger partial charge in [-0.3, -0.25) is 9.59 Å². The molecule has 0 aliphatic carbocycles. The SMILES string of the molecule is O=C(O)C(NC(=O)C(Cc1ccccc1)n1nnc2ccccc2c1=O)c1ccccc1. The Labute approximate surface area is 183 Å². The van der Waals surface area contributed by atoms with Crippen molar-refractivity contribution in [2.45, 2.75) is 18.5 Å². The predicted octanol–water partition coefficient (Wildman–Crippen LogP) is 2.52. The molecule has 8 heteroatoms. The topological polar surface area (TPSA) is 114 Å². The smallest absolute Gasteiger partial charge is 0.330 e. The first-order valence-electron chi connectivity index (χ1n) is 10.0. The van der Waals surface area contributed by atoms with E-state index in [1.165, 1.54) is 0 Å². The molecule has 2 unspecified atom stereocenters. The lowest BCUT2D eigenvalue weighted by Gasteiger charge is -2.21. The van der Waals surface area contributed by atoms with Crippen LogP contribution in [0.1, 0.15) is 23.2 Å². The van der Waals surface area contributed by atoms with Gasteiger partial charge >= 0.3 is 5.97 Å². The molecule has 4 rings (SSSR count). The molecule has 4 aromatic rings. The van der Waals surface area contributed by atoms with Crippen LogP contribution in [0.5, 0.6) is 0 Å². The third-order valence-electron chi connectivity index (χ3n) is 5.13.